The third-order valence-corrected chi connectivity index (χ3v) is 4.61. The summed E-state index contributed by atoms with van der Waals surface area (Å²) in [4.78, 5) is 8.98. The Morgan fingerprint density at radius 2 is 2.22 bits per heavy atom. The van der Waals surface area contributed by atoms with Crippen molar-refractivity contribution in [2.75, 3.05) is 5.32 Å². The average Bonchev–Trinajstić information content (AvgIpc) is 3.02. The number of nitrogens with one attached hydrogen (secondary N) is 1. The third-order valence-electron chi connectivity index (χ3n) is 4.61. The number of aromatic nitrogens is 2. The number of imidazole rings is 1. The largest absolute Gasteiger partial charge is 0.370 e. The molecule has 0 fully saturated rings. The highest BCUT2D eigenvalue weighted by molar-refractivity contribution is 5.92. The van der Waals surface area contributed by atoms with Gasteiger partial charge in [-0.1, -0.05) is 26.0 Å². The Hall–Kier alpha value is -2.30. The van der Waals surface area contributed by atoms with E-state index in [1.54, 1.807) is 0 Å². The molecule has 1 aliphatic heterocycles. The van der Waals surface area contributed by atoms with Crippen molar-refractivity contribution in [2.45, 2.75) is 51.6 Å². The average molecular weight is 311 g/mol. The van der Waals surface area contributed by atoms with Crippen LogP contribution in [0.1, 0.15) is 44.0 Å². The molecule has 0 saturated carbocycles. The minimum Gasteiger partial charge on any atom is -0.370 e. The fraction of sp³-hybridized carbons (Fsp3) is 0.444. The van der Waals surface area contributed by atoms with Crippen molar-refractivity contribution in [3.05, 3.63) is 48.0 Å². The molecule has 5 nitrogen and oxygen atoms in total. The van der Waals surface area contributed by atoms with Crippen molar-refractivity contribution >= 4 is 11.6 Å². The van der Waals surface area contributed by atoms with E-state index in [1.165, 1.54) is 5.56 Å². The molecule has 1 aromatic heterocycles. The van der Waals surface area contributed by atoms with Gasteiger partial charge in [0, 0.05) is 31.0 Å². The second kappa shape index (κ2) is 6.86. The van der Waals surface area contributed by atoms with Gasteiger partial charge in [-0.3, -0.25) is 0 Å². The van der Waals surface area contributed by atoms with E-state index in [4.69, 9.17) is 5.73 Å². The molecule has 0 radical (unpaired) electrons. The molecule has 5 heteroatoms. The highest BCUT2D eigenvalue weighted by Gasteiger charge is 2.18. The first-order chi connectivity index (χ1) is 11.2. The zero-order chi connectivity index (χ0) is 16.2. The van der Waals surface area contributed by atoms with E-state index in [0.717, 1.165) is 37.3 Å². The molecule has 1 aliphatic rings. The molecule has 3 rings (SSSR count). The van der Waals surface area contributed by atoms with Crippen molar-refractivity contribution in [3.63, 3.8) is 0 Å². The highest BCUT2D eigenvalue weighted by atomic mass is 15.1. The minimum absolute atomic E-state index is 0.205. The number of anilines is 1. The molecule has 1 aromatic carbocycles. The summed E-state index contributed by atoms with van der Waals surface area (Å²) in [5.41, 5.74) is 8.40. The highest BCUT2D eigenvalue weighted by Crippen LogP contribution is 2.20. The normalized spacial score (nSPS) is 19.2. The predicted octanol–water partition coefficient (Wildman–Crippen LogP) is 3.14. The first-order valence-electron chi connectivity index (χ1n) is 8.36. The van der Waals surface area contributed by atoms with Gasteiger partial charge < -0.3 is 15.6 Å². The fourth-order valence-corrected chi connectivity index (χ4v) is 2.95. The van der Waals surface area contributed by atoms with Crippen molar-refractivity contribution < 1.29 is 0 Å². The van der Waals surface area contributed by atoms with Crippen LogP contribution in [0.15, 0.2) is 41.7 Å². The molecule has 2 atom stereocenters. The predicted molar refractivity (Wildman–Crippen MR) is 94.7 cm³/mol. The van der Waals surface area contributed by atoms with Crippen LogP contribution in [-0.2, 0) is 13.0 Å². The number of rotatable bonds is 4. The van der Waals surface area contributed by atoms with Gasteiger partial charge in [-0.05, 0) is 36.5 Å². The summed E-state index contributed by atoms with van der Waals surface area (Å²) in [5.74, 6) is 2.16. The molecule has 0 aliphatic carbocycles. The molecule has 3 N–H and O–H groups in total. The Bertz CT molecular complexity index is 671. The lowest BCUT2D eigenvalue weighted by atomic mass is 9.99. The number of hydrogen-bond donors (Lipinski definition) is 2. The first-order valence-corrected chi connectivity index (χ1v) is 8.36. The van der Waals surface area contributed by atoms with Crippen molar-refractivity contribution in [1.82, 2.24) is 9.55 Å². The van der Waals surface area contributed by atoms with Crippen LogP contribution in [0.2, 0.25) is 0 Å². The molecular weight excluding hydrogens is 286 g/mol. The second-order valence-electron chi connectivity index (χ2n) is 6.25. The number of benzene rings is 1. The van der Waals surface area contributed by atoms with Gasteiger partial charge in [-0.25, -0.2) is 9.98 Å². The Morgan fingerprint density at radius 1 is 1.43 bits per heavy atom. The van der Waals surface area contributed by atoms with E-state index in [0.29, 0.717) is 11.9 Å². The number of hydrogen-bond acceptors (Lipinski definition) is 2. The van der Waals surface area contributed by atoms with Crippen LogP contribution < -0.4 is 11.1 Å². The summed E-state index contributed by atoms with van der Waals surface area (Å²) in [6.45, 7) is 5.41. The Morgan fingerprint density at radius 3 is 2.96 bits per heavy atom. The molecular formula is C18H25N5. The molecule has 0 spiro atoms. The van der Waals surface area contributed by atoms with Crippen LogP contribution in [0, 0.1) is 0 Å². The van der Waals surface area contributed by atoms with E-state index in [9.17, 15) is 0 Å². The molecule has 122 valence electrons. The molecule has 0 bridgehead atoms. The van der Waals surface area contributed by atoms with E-state index >= 15 is 0 Å². The standard InChI is InChI=1S/C18H25N5/c1-3-13(2)14-4-6-15(7-5-14)21-18(19)22-16-8-10-23-11-9-20-17(23)12-16/h4-7,9,11,13,16H,3,8,10,12H2,1-2H3,(H3,19,21,22). The molecule has 2 heterocycles. The van der Waals surface area contributed by atoms with Gasteiger partial charge in [0.1, 0.15) is 5.82 Å². The van der Waals surface area contributed by atoms with Gasteiger partial charge >= 0.3 is 0 Å². The smallest absolute Gasteiger partial charge is 0.193 e. The maximum atomic E-state index is 6.07. The number of aliphatic imine (C=N–C) groups is 1. The maximum Gasteiger partial charge on any atom is 0.193 e. The quantitative estimate of drug-likeness (QED) is 0.673. The lowest BCUT2D eigenvalue weighted by molar-refractivity contribution is 0.465. The Balaban J connectivity index is 1.61. The van der Waals surface area contributed by atoms with Gasteiger partial charge in [-0.2, -0.15) is 0 Å². The van der Waals surface area contributed by atoms with Gasteiger partial charge in [0.15, 0.2) is 5.96 Å². The summed E-state index contributed by atoms with van der Waals surface area (Å²) in [6, 6.07) is 8.65. The fourth-order valence-electron chi connectivity index (χ4n) is 2.95. The Labute approximate surface area is 137 Å². The van der Waals surface area contributed by atoms with Crippen LogP contribution in [0.25, 0.3) is 0 Å². The maximum absolute atomic E-state index is 6.07. The SMILES string of the molecule is CCC(C)c1ccc(NC(N)=NC2CCn3ccnc3C2)cc1. The summed E-state index contributed by atoms with van der Waals surface area (Å²) >= 11 is 0. The Kier molecular flexibility index (Phi) is 4.65. The van der Waals surface area contributed by atoms with Crippen LogP contribution in [0.5, 0.6) is 0 Å². The summed E-state index contributed by atoms with van der Waals surface area (Å²) in [5, 5.41) is 3.19. The van der Waals surface area contributed by atoms with E-state index in [2.05, 4.69) is 58.0 Å². The van der Waals surface area contributed by atoms with Crippen molar-refractivity contribution in [2.24, 2.45) is 10.7 Å². The monoisotopic (exact) mass is 311 g/mol. The van der Waals surface area contributed by atoms with Crippen molar-refractivity contribution in [1.29, 1.82) is 0 Å². The molecule has 0 amide bonds. The summed E-state index contributed by atoms with van der Waals surface area (Å²) < 4.78 is 2.18. The third kappa shape index (κ3) is 3.73. The molecule has 2 aromatic rings. The number of guanidine groups is 1. The summed E-state index contributed by atoms with van der Waals surface area (Å²) in [6.07, 6.45) is 6.87. The zero-order valence-corrected chi connectivity index (χ0v) is 13.9. The van der Waals surface area contributed by atoms with Crippen LogP contribution in [0.3, 0.4) is 0 Å². The molecule has 23 heavy (non-hydrogen) atoms. The van der Waals surface area contributed by atoms with Gasteiger partial charge in [0.2, 0.25) is 0 Å². The molecule has 0 saturated heterocycles. The van der Waals surface area contributed by atoms with Crippen LogP contribution in [-0.4, -0.2) is 21.6 Å². The zero-order valence-electron chi connectivity index (χ0n) is 13.9. The van der Waals surface area contributed by atoms with E-state index in [1.807, 2.05) is 12.4 Å². The number of nitrogens with zero attached hydrogens (tertiary/aromatic N) is 3. The van der Waals surface area contributed by atoms with Crippen molar-refractivity contribution in [3.8, 4) is 0 Å². The second-order valence-corrected chi connectivity index (χ2v) is 6.25. The molecule has 2 unspecified atom stereocenters. The minimum atomic E-state index is 0.205. The lowest BCUT2D eigenvalue weighted by Crippen LogP contribution is -2.29. The number of aryl methyl sites for hydroxylation is 1. The summed E-state index contributed by atoms with van der Waals surface area (Å²) in [7, 11) is 0. The van der Waals surface area contributed by atoms with E-state index in [-0.39, 0.29) is 6.04 Å². The van der Waals surface area contributed by atoms with Gasteiger partial charge in [-0.15, -0.1) is 0 Å². The van der Waals surface area contributed by atoms with Gasteiger partial charge in [0.05, 0.1) is 6.04 Å². The van der Waals surface area contributed by atoms with E-state index < -0.39 is 0 Å². The van der Waals surface area contributed by atoms with Crippen LogP contribution >= 0.6 is 0 Å². The first kappa shape index (κ1) is 15.6. The topological polar surface area (TPSA) is 68.2 Å². The van der Waals surface area contributed by atoms with Gasteiger partial charge in [0.25, 0.3) is 0 Å². The number of fused-ring (bicyclic) bond motifs is 1. The van der Waals surface area contributed by atoms with Crippen LogP contribution in [0.4, 0.5) is 5.69 Å². The number of nitrogens with two attached hydrogens (primary N) is 1. The lowest BCUT2D eigenvalue weighted by Gasteiger charge is -2.20.